The van der Waals surface area contributed by atoms with Crippen molar-refractivity contribution in [3.05, 3.63) is 33.8 Å². The van der Waals surface area contributed by atoms with Gasteiger partial charge in [-0.25, -0.2) is 13.2 Å². The Bertz CT molecular complexity index is 619. The SMILES string of the molecule is CCCCCCCCCCS(=O)(=O)N/N=C/c1ccc(Cl)c(Cl)c1. The number of benzene rings is 1. The topological polar surface area (TPSA) is 58.5 Å². The number of halogens is 2. The van der Waals surface area contributed by atoms with Gasteiger partial charge in [-0.3, -0.25) is 0 Å². The van der Waals surface area contributed by atoms with Gasteiger partial charge in [-0.15, -0.1) is 0 Å². The van der Waals surface area contributed by atoms with Gasteiger partial charge in [0, 0.05) is 0 Å². The van der Waals surface area contributed by atoms with Gasteiger partial charge in [-0.2, -0.15) is 5.10 Å². The maximum absolute atomic E-state index is 11.8. The fourth-order valence-corrected chi connectivity index (χ4v) is 3.44. The zero-order chi connectivity index (χ0) is 17.8. The molecule has 0 amide bonds. The van der Waals surface area contributed by atoms with E-state index in [9.17, 15) is 8.42 Å². The van der Waals surface area contributed by atoms with Gasteiger partial charge in [0.15, 0.2) is 0 Å². The molecular formula is C17H26Cl2N2O2S. The monoisotopic (exact) mass is 392 g/mol. The molecule has 24 heavy (non-hydrogen) atoms. The fraction of sp³-hybridized carbons (Fsp3) is 0.588. The summed E-state index contributed by atoms with van der Waals surface area (Å²) in [6.07, 6.45) is 10.3. The van der Waals surface area contributed by atoms with Crippen LogP contribution in [0.1, 0.15) is 63.9 Å². The van der Waals surface area contributed by atoms with Gasteiger partial charge in [0.1, 0.15) is 0 Å². The molecule has 0 radical (unpaired) electrons. The Hall–Kier alpha value is -0.780. The third-order valence-corrected chi connectivity index (χ3v) is 5.56. The van der Waals surface area contributed by atoms with Gasteiger partial charge >= 0.3 is 0 Å². The van der Waals surface area contributed by atoms with E-state index in [2.05, 4.69) is 16.9 Å². The Morgan fingerprint density at radius 2 is 1.62 bits per heavy atom. The molecule has 0 aliphatic rings. The predicted octanol–water partition coefficient (Wildman–Crippen LogP) is 5.39. The number of nitrogens with one attached hydrogen (secondary N) is 1. The average Bonchev–Trinajstić information content (AvgIpc) is 2.53. The van der Waals surface area contributed by atoms with Crippen LogP contribution >= 0.6 is 23.2 Å². The quantitative estimate of drug-likeness (QED) is 0.294. The molecular weight excluding hydrogens is 367 g/mol. The number of hydrogen-bond donors (Lipinski definition) is 1. The molecule has 0 heterocycles. The first-order chi connectivity index (χ1) is 11.4. The smallest absolute Gasteiger partial charge is 0.205 e. The van der Waals surface area contributed by atoms with E-state index in [-0.39, 0.29) is 5.75 Å². The lowest BCUT2D eigenvalue weighted by Gasteiger charge is -2.04. The molecule has 0 aliphatic heterocycles. The first-order valence-corrected chi connectivity index (χ1v) is 10.8. The number of hydrogen-bond acceptors (Lipinski definition) is 3. The van der Waals surface area contributed by atoms with E-state index >= 15 is 0 Å². The van der Waals surface area contributed by atoms with Crippen molar-refractivity contribution >= 4 is 39.4 Å². The molecule has 0 aromatic heterocycles. The summed E-state index contributed by atoms with van der Waals surface area (Å²) in [5, 5.41) is 4.62. The molecule has 0 saturated heterocycles. The van der Waals surface area contributed by atoms with E-state index in [0.717, 1.165) is 12.8 Å². The Kier molecular flexibility index (Phi) is 10.4. The number of unbranched alkanes of at least 4 members (excludes halogenated alkanes) is 7. The van der Waals surface area contributed by atoms with E-state index in [4.69, 9.17) is 23.2 Å². The van der Waals surface area contributed by atoms with Crippen LogP contribution in [0.15, 0.2) is 23.3 Å². The molecule has 1 N–H and O–H groups in total. The summed E-state index contributed by atoms with van der Waals surface area (Å²) in [7, 11) is -3.38. The summed E-state index contributed by atoms with van der Waals surface area (Å²) in [4.78, 5) is 2.23. The molecule has 7 heteroatoms. The van der Waals surface area contributed by atoms with Crippen molar-refractivity contribution in [2.75, 3.05) is 5.75 Å². The molecule has 0 bridgehead atoms. The standard InChI is InChI=1S/C17H26Cl2N2O2S/c1-2-3-4-5-6-7-8-9-12-24(22,23)21-20-14-15-10-11-16(18)17(19)13-15/h10-11,13-14,21H,2-9,12H2,1H3/b20-14+. The summed E-state index contributed by atoms with van der Waals surface area (Å²) < 4.78 is 23.7. The zero-order valence-electron chi connectivity index (χ0n) is 14.1. The fourth-order valence-electron chi connectivity index (χ4n) is 2.25. The summed E-state index contributed by atoms with van der Waals surface area (Å²) in [5.41, 5.74) is 0.680. The van der Waals surface area contributed by atoms with Crippen molar-refractivity contribution in [2.45, 2.75) is 58.3 Å². The zero-order valence-corrected chi connectivity index (χ0v) is 16.4. The molecule has 4 nitrogen and oxygen atoms in total. The molecule has 0 aliphatic carbocycles. The Balaban J connectivity index is 2.23. The first kappa shape index (κ1) is 21.3. The molecule has 0 unspecified atom stereocenters. The minimum absolute atomic E-state index is 0.0979. The second kappa shape index (κ2) is 11.7. The summed E-state index contributed by atoms with van der Waals surface area (Å²) >= 11 is 11.7. The van der Waals surface area contributed by atoms with Crippen molar-refractivity contribution in [1.29, 1.82) is 0 Å². The molecule has 0 atom stereocenters. The van der Waals surface area contributed by atoms with E-state index in [1.807, 2.05) is 0 Å². The lowest BCUT2D eigenvalue weighted by atomic mass is 10.1. The Labute approximate surface area is 155 Å². The van der Waals surface area contributed by atoms with Crippen molar-refractivity contribution in [3.8, 4) is 0 Å². The van der Waals surface area contributed by atoms with Crippen molar-refractivity contribution < 1.29 is 8.42 Å². The van der Waals surface area contributed by atoms with E-state index in [1.54, 1.807) is 18.2 Å². The second-order valence-corrected chi connectivity index (χ2v) is 8.45. The van der Waals surface area contributed by atoms with Gasteiger partial charge in [-0.1, -0.05) is 81.1 Å². The van der Waals surface area contributed by atoms with Crippen molar-refractivity contribution in [2.24, 2.45) is 5.10 Å². The molecule has 0 fully saturated rings. The highest BCUT2D eigenvalue weighted by molar-refractivity contribution is 7.89. The number of sulfonamides is 1. The van der Waals surface area contributed by atoms with Crippen LogP contribution in [-0.4, -0.2) is 20.4 Å². The summed E-state index contributed by atoms with van der Waals surface area (Å²) in [5.74, 6) is 0.0979. The number of rotatable bonds is 12. The van der Waals surface area contributed by atoms with Crippen LogP contribution < -0.4 is 4.83 Å². The Morgan fingerprint density at radius 3 is 2.25 bits per heavy atom. The van der Waals surface area contributed by atoms with Crippen molar-refractivity contribution in [3.63, 3.8) is 0 Å². The molecule has 136 valence electrons. The maximum atomic E-state index is 11.8. The minimum Gasteiger partial charge on any atom is -0.205 e. The maximum Gasteiger partial charge on any atom is 0.247 e. The number of nitrogens with zero attached hydrogens (tertiary/aromatic N) is 1. The van der Waals surface area contributed by atoms with E-state index in [1.165, 1.54) is 38.3 Å². The predicted molar refractivity (Wildman–Crippen MR) is 104 cm³/mol. The van der Waals surface area contributed by atoms with Crippen LogP contribution in [0.25, 0.3) is 0 Å². The lowest BCUT2D eigenvalue weighted by Crippen LogP contribution is -2.21. The molecule has 1 aromatic carbocycles. The molecule has 0 spiro atoms. The van der Waals surface area contributed by atoms with Gasteiger partial charge < -0.3 is 0 Å². The highest BCUT2D eigenvalue weighted by Gasteiger charge is 2.07. The Morgan fingerprint density at radius 1 is 1.00 bits per heavy atom. The second-order valence-electron chi connectivity index (χ2n) is 5.82. The first-order valence-electron chi connectivity index (χ1n) is 8.42. The largest absolute Gasteiger partial charge is 0.247 e. The van der Waals surface area contributed by atoms with Crippen LogP contribution in [0.3, 0.4) is 0 Å². The molecule has 1 rings (SSSR count). The van der Waals surface area contributed by atoms with Crippen LogP contribution in [0.4, 0.5) is 0 Å². The minimum atomic E-state index is -3.38. The van der Waals surface area contributed by atoms with Gasteiger partial charge in [0.2, 0.25) is 10.0 Å². The number of hydrazone groups is 1. The molecule has 0 saturated carbocycles. The van der Waals surface area contributed by atoms with Crippen LogP contribution in [0.5, 0.6) is 0 Å². The third kappa shape index (κ3) is 9.50. The normalized spacial score (nSPS) is 12.0. The van der Waals surface area contributed by atoms with E-state index in [0.29, 0.717) is 22.0 Å². The highest BCUT2D eigenvalue weighted by atomic mass is 35.5. The van der Waals surface area contributed by atoms with Crippen LogP contribution in [0, 0.1) is 0 Å². The van der Waals surface area contributed by atoms with Gasteiger partial charge in [0.05, 0.1) is 22.0 Å². The van der Waals surface area contributed by atoms with Crippen LogP contribution in [0.2, 0.25) is 10.0 Å². The lowest BCUT2D eigenvalue weighted by molar-refractivity contribution is 0.566. The van der Waals surface area contributed by atoms with E-state index < -0.39 is 10.0 Å². The summed E-state index contributed by atoms with van der Waals surface area (Å²) in [6, 6.07) is 4.98. The highest BCUT2D eigenvalue weighted by Crippen LogP contribution is 2.21. The van der Waals surface area contributed by atoms with Crippen molar-refractivity contribution in [1.82, 2.24) is 4.83 Å². The molecule has 1 aromatic rings. The van der Waals surface area contributed by atoms with Gasteiger partial charge in [-0.05, 0) is 24.1 Å². The third-order valence-electron chi connectivity index (χ3n) is 3.62. The summed E-state index contributed by atoms with van der Waals surface area (Å²) in [6.45, 7) is 2.20. The van der Waals surface area contributed by atoms with Crippen LogP contribution in [-0.2, 0) is 10.0 Å². The average molecular weight is 393 g/mol. The van der Waals surface area contributed by atoms with Gasteiger partial charge in [0.25, 0.3) is 0 Å².